The minimum absolute atomic E-state index is 0.299. The third-order valence-electron chi connectivity index (χ3n) is 2.70. The Morgan fingerprint density at radius 1 is 1.17 bits per heavy atom. The summed E-state index contributed by atoms with van der Waals surface area (Å²) in [7, 11) is 1.52. The molecule has 18 heavy (non-hydrogen) atoms. The first-order valence-electron chi connectivity index (χ1n) is 5.58. The SMILES string of the molecule is COc1cc(Nc2ccccc2C)ccc1N=O. The van der Waals surface area contributed by atoms with Crippen LogP contribution in [0.1, 0.15) is 5.56 Å². The van der Waals surface area contributed by atoms with Crippen LogP contribution < -0.4 is 10.1 Å². The molecule has 0 aliphatic carbocycles. The molecule has 0 spiro atoms. The van der Waals surface area contributed by atoms with E-state index in [-0.39, 0.29) is 0 Å². The number of benzene rings is 2. The summed E-state index contributed by atoms with van der Waals surface area (Å²) in [5.74, 6) is 0.462. The van der Waals surface area contributed by atoms with Gasteiger partial charge in [0, 0.05) is 17.4 Å². The minimum atomic E-state index is 0.299. The molecule has 0 radical (unpaired) electrons. The molecule has 2 aromatic rings. The number of anilines is 2. The van der Waals surface area contributed by atoms with E-state index in [9.17, 15) is 4.91 Å². The van der Waals surface area contributed by atoms with E-state index < -0.39 is 0 Å². The van der Waals surface area contributed by atoms with Crippen molar-refractivity contribution in [2.75, 3.05) is 12.4 Å². The van der Waals surface area contributed by atoms with Gasteiger partial charge in [0.05, 0.1) is 7.11 Å². The highest BCUT2D eigenvalue weighted by molar-refractivity contribution is 5.68. The number of nitroso groups, excluding NO2 is 1. The normalized spacial score (nSPS) is 9.89. The van der Waals surface area contributed by atoms with Gasteiger partial charge in [0.15, 0.2) is 0 Å². The van der Waals surface area contributed by atoms with Gasteiger partial charge in [0.25, 0.3) is 0 Å². The van der Waals surface area contributed by atoms with Crippen LogP contribution in [0, 0.1) is 11.8 Å². The van der Waals surface area contributed by atoms with E-state index in [1.54, 1.807) is 18.2 Å². The average Bonchev–Trinajstić information content (AvgIpc) is 2.41. The Morgan fingerprint density at radius 2 is 1.94 bits per heavy atom. The number of aryl methyl sites for hydroxylation is 1. The molecule has 0 heterocycles. The van der Waals surface area contributed by atoms with E-state index in [1.165, 1.54) is 7.11 Å². The Bertz CT molecular complexity index is 567. The Morgan fingerprint density at radius 3 is 2.61 bits per heavy atom. The van der Waals surface area contributed by atoms with Gasteiger partial charge in [-0.2, -0.15) is 0 Å². The van der Waals surface area contributed by atoms with Gasteiger partial charge in [-0.1, -0.05) is 18.2 Å². The van der Waals surface area contributed by atoms with Crippen molar-refractivity contribution >= 4 is 17.1 Å². The highest BCUT2D eigenvalue weighted by Gasteiger charge is 2.05. The number of ether oxygens (including phenoxy) is 1. The highest BCUT2D eigenvalue weighted by atomic mass is 16.5. The van der Waals surface area contributed by atoms with Gasteiger partial charge in [-0.05, 0) is 35.9 Å². The van der Waals surface area contributed by atoms with Crippen LogP contribution in [-0.2, 0) is 0 Å². The Labute approximate surface area is 106 Å². The molecular weight excluding hydrogens is 228 g/mol. The number of nitrogens with zero attached hydrogens (tertiary/aromatic N) is 1. The summed E-state index contributed by atoms with van der Waals surface area (Å²) in [6.07, 6.45) is 0. The van der Waals surface area contributed by atoms with E-state index in [2.05, 4.69) is 10.5 Å². The first-order valence-corrected chi connectivity index (χ1v) is 5.58. The van der Waals surface area contributed by atoms with Crippen molar-refractivity contribution in [2.24, 2.45) is 5.18 Å². The second kappa shape index (κ2) is 5.31. The minimum Gasteiger partial charge on any atom is -0.494 e. The van der Waals surface area contributed by atoms with Crippen LogP contribution in [0.25, 0.3) is 0 Å². The maximum absolute atomic E-state index is 10.6. The molecule has 0 aliphatic rings. The Hall–Kier alpha value is -2.36. The molecule has 92 valence electrons. The number of nitrogens with one attached hydrogen (secondary N) is 1. The standard InChI is InChI=1S/C14H14N2O2/c1-10-5-3-4-6-12(10)15-11-7-8-13(16-17)14(9-11)18-2/h3-9,15H,1-2H3. The topological polar surface area (TPSA) is 50.7 Å². The fraction of sp³-hybridized carbons (Fsp3) is 0.143. The second-order valence-corrected chi connectivity index (χ2v) is 3.92. The molecule has 0 fully saturated rings. The van der Waals surface area contributed by atoms with Crippen LogP contribution in [0.3, 0.4) is 0 Å². The molecule has 0 saturated heterocycles. The zero-order valence-corrected chi connectivity index (χ0v) is 10.3. The molecule has 0 unspecified atom stereocenters. The Kier molecular flexibility index (Phi) is 3.57. The van der Waals surface area contributed by atoms with Gasteiger partial charge in [0.2, 0.25) is 0 Å². The molecule has 0 aliphatic heterocycles. The summed E-state index contributed by atoms with van der Waals surface area (Å²) >= 11 is 0. The van der Waals surface area contributed by atoms with Gasteiger partial charge in [-0.25, -0.2) is 0 Å². The molecule has 0 atom stereocenters. The summed E-state index contributed by atoms with van der Waals surface area (Å²) in [5, 5.41) is 6.18. The largest absolute Gasteiger partial charge is 0.494 e. The van der Waals surface area contributed by atoms with Crippen LogP contribution in [0.4, 0.5) is 17.1 Å². The quantitative estimate of drug-likeness (QED) is 0.819. The van der Waals surface area contributed by atoms with Crippen molar-refractivity contribution in [2.45, 2.75) is 6.92 Å². The predicted octanol–water partition coefficient (Wildman–Crippen LogP) is 4.15. The van der Waals surface area contributed by atoms with Crippen LogP contribution in [0.2, 0.25) is 0 Å². The van der Waals surface area contributed by atoms with Crippen molar-refractivity contribution in [1.82, 2.24) is 0 Å². The molecule has 0 bridgehead atoms. The zero-order valence-electron chi connectivity index (χ0n) is 10.3. The van der Waals surface area contributed by atoms with E-state index in [0.29, 0.717) is 11.4 Å². The highest BCUT2D eigenvalue weighted by Crippen LogP contribution is 2.31. The number of methoxy groups -OCH3 is 1. The van der Waals surface area contributed by atoms with Gasteiger partial charge < -0.3 is 10.1 Å². The van der Waals surface area contributed by atoms with Crippen molar-refractivity contribution in [3.8, 4) is 5.75 Å². The molecule has 0 amide bonds. The van der Waals surface area contributed by atoms with E-state index in [0.717, 1.165) is 16.9 Å². The summed E-state index contributed by atoms with van der Waals surface area (Å²) in [6, 6.07) is 13.2. The molecule has 0 saturated carbocycles. The van der Waals surface area contributed by atoms with Crippen molar-refractivity contribution in [3.05, 3.63) is 52.9 Å². The lowest BCUT2D eigenvalue weighted by atomic mass is 10.2. The number of hydrogen-bond donors (Lipinski definition) is 1. The smallest absolute Gasteiger partial charge is 0.150 e. The third-order valence-corrected chi connectivity index (χ3v) is 2.70. The number of para-hydroxylation sites is 1. The van der Waals surface area contributed by atoms with Crippen molar-refractivity contribution in [3.63, 3.8) is 0 Å². The van der Waals surface area contributed by atoms with Gasteiger partial charge in [0.1, 0.15) is 11.4 Å². The predicted molar refractivity (Wildman–Crippen MR) is 72.9 cm³/mol. The lowest BCUT2D eigenvalue weighted by Gasteiger charge is -2.11. The lowest BCUT2D eigenvalue weighted by molar-refractivity contribution is 0.416. The van der Waals surface area contributed by atoms with Gasteiger partial charge in [-0.3, -0.25) is 0 Å². The van der Waals surface area contributed by atoms with Crippen molar-refractivity contribution < 1.29 is 4.74 Å². The third kappa shape index (κ3) is 2.48. The summed E-state index contributed by atoms with van der Waals surface area (Å²) in [6.45, 7) is 2.03. The van der Waals surface area contributed by atoms with Crippen LogP contribution in [-0.4, -0.2) is 7.11 Å². The molecule has 4 heteroatoms. The first kappa shape index (κ1) is 12.1. The van der Waals surface area contributed by atoms with E-state index in [4.69, 9.17) is 4.74 Å². The van der Waals surface area contributed by atoms with E-state index in [1.807, 2.05) is 31.2 Å². The molecule has 4 nitrogen and oxygen atoms in total. The maximum Gasteiger partial charge on any atom is 0.150 e. The fourth-order valence-corrected chi connectivity index (χ4v) is 1.70. The molecule has 1 N–H and O–H groups in total. The monoisotopic (exact) mass is 242 g/mol. The van der Waals surface area contributed by atoms with Gasteiger partial charge in [-0.15, -0.1) is 4.91 Å². The van der Waals surface area contributed by atoms with Crippen LogP contribution >= 0.6 is 0 Å². The fourth-order valence-electron chi connectivity index (χ4n) is 1.70. The molecule has 2 rings (SSSR count). The zero-order chi connectivity index (χ0) is 13.0. The average molecular weight is 242 g/mol. The van der Waals surface area contributed by atoms with Crippen molar-refractivity contribution in [1.29, 1.82) is 0 Å². The molecular formula is C14H14N2O2. The van der Waals surface area contributed by atoms with Crippen LogP contribution in [0.5, 0.6) is 5.75 Å². The van der Waals surface area contributed by atoms with E-state index >= 15 is 0 Å². The van der Waals surface area contributed by atoms with Crippen LogP contribution in [0.15, 0.2) is 47.6 Å². The summed E-state index contributed by atoms with van der Waals surface area (Å²) in [5.41, 5.74) is 3.32. The summed E-state index contributed by atoms with van der Waals surface area (Å²) < 4.78 is 5.11. The van der Waals surface area contributed by atoms with Gasteiger partial charge >= 0.3 is 0 Å². The summed E-state index contributed by atoms with van der Waals surface area (Å²) in [4.78, 5) is 10.6. The number of hydrogen-bond acceptors (Lipinski definition) is 4. The Balaban J connectivity index is 2.30. The first-order chi connectivity index (χ1) is 8.74. The second-order valence-electron chi connectivity index (χ2n) is 3.92. The number of rotatable bonds is 4. The molecule has 0 aromatic heterocycles. The lowest BCUT2D eigenvalue weighted by Crippen LogP contribution is -1.93. The molecule has 2 aromatic carbocycles. The maximum atomic E-state index is 10.6.